The minimum atomic E-state index is -4.70. The van der Waals surface area contributed by atoms with Gasteiger partial charge in [-0.05, 0) is 57.3 Å². The van der Waals surface area contributed by atoms with Gasteiger partial charge in [0, 0.05) is 45.3 Å². The molecule has 0 aliphatic carbocycles. The fourth-order valence-electron chi connectivity index (χ4n) is 5.17. The highest BCUT2D eigenvalue weighted by atomic mass is 35.5. The van der Waals surface area contributed by atoms with Crippen LogP contribution in [-0.4, -0.2) is 114 Å². The summed E-state index contributed by atoms with van der Waals surface area (Å²) in [6.45, 7) is 8.79. The van der Waals surface area contributed by atoms with Crippen LogP contribution in [-0.2, 0) is 10.9 Å². The molecule has 242 valence electrons. The van der Waals surface area contributed by atoms with Crippen molar-refractivity contribution >= 4 is 34.8 Å². The van der Waals surface area contributed by atoms with Crippen LogP contribution in [0.3, 0.4) is 0 Å². The number of piperazine rings is 1. The Kier molecular flexibility index (Phi) is 10.2. The summed E-state index contributed by atoms with van der Waals surface area (Å²) < 4.78 is 46.1. The van der Waals surface area contributed by atoms with Crippen molar-refractivity contribution in [3.8, 4) is 5.69 Å². The number of amides is 2. The third kappa shape index (κ3) is 8.09. The lowest BCUT2D eigenvalue weighted by atomic mass is 10.1. The van der Waals surface area contributed by atoms with E-state index in [4.69, 9.17) is 16.3 Å². The van der Waals surface area contributed by atoms with Gasteiger partial charge in [0.25, 0.3) is 11.8 Å². The molecule has 1 aromatic carbocycles. The van der Waals surface area contributed by atoms with Gasteiger partial charge in [-0.2, -0.15) is 13.2 Å². The van der Waals surface area contributed by atoms with Crippen LogP contribution in [0.25, 0.3) is 5.69 Å². The normalized spacial score (nSPS) is 18.2. The topological polar surface area (TPSA) is 121 Å². The number of anilines is 2. The van der Waals surface area contributed by atoms with Gasteiger partial charge in [-0.25, -0.2) is 9.67 Å². The molecule has 0 spiro atoms. The Bertz CT molecular complexity index is 1510. The number of benzene rings is 1. The van der Waals surface area contributed by atoms with Crippen molar-refractivity contribution in [1.82, 2.24) is 35.1 Å². The Hall–Kier alpha value is -3.79. The summed E-state index contributed by atoms with van der Waals surface area (Å²) in [5, 5.41) is 13.2. The third-order valence-electron chi connectivity index (χ3n) is 7.94. The predicted molar refractivity (Wildman–Crippen MR) is 162 cm³/mol. The van der Waals surface area contributed by atoms with Gasteiger partial charge in [-0.3, -0.25) is 14.5 Å². The number of hydrogen-bond donors (Lipinski definition) is 2. The number of carbonyl (C=O) groups excluding carboxylic acids is 2. The van der Waals surface area contributed by atoms with Gasteiger partial charge in [-0.1, -0.05) is 16.8 Å². The molecule has 2 aliphatic heterocycles. The van der Waals surface area contributed by atoms with Crippen molar-refractivity contribution in [2.24, 2.45) is 0 Å². The first kappa shape index (κ1) is 32.6. The molecule has 12 nitrogen and oxygen atoms in total. The Morgan fingerprint density at radius 3 is 2.58 bits per heavy atom. The zero-order valence-electron chi connectivity index (χ0n) is 25.0. The smallest absolute Gasteiger partial charge is 0.379 e. The molecule has 0 radical (unpaired) electrons. The quantitative estimate of drug-likeness (QED) is 0.266. The SMILES string of the molecule is C[C@@H]1CN(c2ccc(-n3cc(C(=O)NCCCN4CCOCC4)nn3)cc2NC(=O)c2ccc(C(F)(F)F)nc2Cl)CCN1C. The zero-order chi connectivity index (χ0) is 32.1. The summed E-state index contributed by atoms with van der Waals surface area (Å²) in [7, 11) is 2.04. The molecule has 4 heterocycles. The molecule has 2 N–H and O–H groups in total. The number of hydrogen-bond acceptors (Lipinski definition) is 9. The van der Waals surface area contributed by atoms with Gasteiger partial charge in [0.2, 0.25) is 0 Å². The number of carbonyl (C=O) groups is 2. The van der Waals surface area contributed by atoms with Crippen molar-refractivity contribution in [1.29, 1.82) is 0 Å². The minimum absolute atomic E-state index is 0.131. The summed E-state index contributed by atoms with van der Waals surface area (Å²) in [6.07, 6.45) is -2.42. The molecule has 2 aromatic heterocycles. The van der Waals surface area contributed by atoms with Gasteiger partial charge in [0.05, 0.1) is 42.0 Å². The van der Waals surface area contributed by atoms with E-state index in [2.05, 4.69) is 47.6 Å². The van der Waals surface area contributed by atoms with Crippen LogP contribution in [0.2, 0.25) is 5.15 Å². The summed E-state index contributed by atoms with van der Waals surface area (Å²) in [5.41, 5.74) is 0.330. The van der Waals surface area contributed by atoms with Crippen molar-refractivity contribution in [3.05, 3.63) is 58.6 Å². The van der Waals surface area contributed by atoms with Crippen LogP contribution in [0.5, 0.6) is 0 Å². The highest BCUT2D eigenvalue weighted by Crippen LogP contribution is 2.33. The van der Waals surface area contributed by atoms with Crippen molar-refractivity contribution in [2.75, 3.05) is 76.3 Å². The zero-order valence-corrected chi connectivity index (χ0v) is 25.7. The maximum atomic E-state index is 13.3. The first-order valence-electron chi connectivity index (χ1n) is 14.6. The number of nitrogens with one attached hydrogen (secondary N) is 2. The van der Waals surface area contributed by atoms with E-state index in [9.17, 15) is 22.8 Å². The van der Waals surface area contributed by atoms with E-state index in [0.29, 0.717) is 42.8 Å². The number of halogens is 4. The van der Waals surface area contributed by atoms with E-state index >= 15 is 0 Å². The van der Waals surface area contributed by atoms with E-state index in [0.717, 1.165) is 51.9 Å². The first-order chi connectivity index (χ1) is 21.5. The standard InChI is InChI=1S/C29H35ClF3N9O3/c1-19-17-41(11-10-39(19)2)24-6-4-20(16-22(24)35-27(43)21-5-7-25(29(31,32)33)36-26(21)30)42-18-23(37-38-42)28(44)34-8-3-9-40-12-14-45-15-13-40/h4-7,16,18-19H,3,8-15,17H2,1-2H3,(H,34,44)(H,35,43)/t19-/m1/s1. The molecular formula is C29H35ClF3N9O3. The third-order valence-corrected chi connectivity index (χ3v) is 8.23. The number of nitrogens with zero attached hydrogens (tertiary/aromatic N) is 7. The summed E-state index contributed by atoms with van der Waals surface area (Å²) in [5.74, 6) is -1.08. The number of likely N-dealkylation sites (N-methyl/N-ethyl adjacent to an activating group) is 1. The van der Waals surface area contributed by atoms with E-state index in [1.165, 1.54) is 10.9 Å². The number of alkyl halides is 3. The molecule has 0 bridgehead atoms. The molecule has 1 atom stereocenters. The van der Waals surface area contributed by atoms with Crippen LogP contribution < -0.4 is 15.5 Å². The lowest BCUT2D eigenvalue weighted by Crippen LogP contribution is -2.50. The molecule has 0 saturated carbocycles. The second kappa shape index (κ2) is 14.1. The van der Waals surface area contributed by atoms with E-state index in [1.54, 1.807) is 12.1 Å². The molecule has 2 amide bonds. The van der Waals surface area contributed by atoms with E-state index in [1.807, 2.05) is 13.1 Å². The molecular weight excluding hydrogens is 615 g/mol. The Balaban J connectivity index is 1.33. The van der Waals surface area contributed by atoms with E-state index < -0.39 is 22.9 Å². The van der Waals surface area contributed by atoms with Gasteiger partial charge in [0.1, 0.15) is 10.8 Å². The summed E-state index contributed by atoms with van der Waals surface area (Å²) in [6, 6.07) is 7.23. The van der Waals surface area contributed by atoms with Crippen LogP contribution in [0, 0.1) is 0 Å². The second-order valence-corrected chi connectivity index (χ2v) is 11.4. The van der Waals surface area contributed by atoms with Crippen LogP contribution in [0.15, 0.2) is 36.5 Å². The molecule has 0 unspecified atom stereocenters. The van der Waals surface area contributed by atoms with Crippen molar-refractivity contribution in [3.63, 3.8) is 0 Å². The van der Waals surface area contributed by atoms with Crippen molar-refractivity contribution in [2.45, 2.75) is 25.6 Å². The molecule has 3 aromatic rings. The molecule has 2 fully saturated rings. The fourth-order valence-corrected chi connectivity index (χ4v) is 5.41. The second-order valence-electron chi connectivity index (χ2n) is 11.1. The van der Waals surface area contributed by atoms with Gasteiger partial charge < -0.3 is 25.2 Å². The van der Waals surface area contributed by atoms with Gasteiger partial charge >= 0.3 is 6.18 Å². The number of morpholine rings is 1. The number of rotatable bonds is 9. The molecule has 5 rings (SSSR count). The number of pyridine rings is 1. The Morgan fingerprint density at radius 1 is 1.09 bits per heavy atom. The van der Waals surface area contributed by atoms with Gasteiger partial charge in [0.15, 0.2) is 5.69 Å². The van der Waals surface area contributed by atoms with Crippen LogP contribution in [0.1, 0.15) is 39.9 Å². The highest BCUT2D eigenvalue weighted by molar-refractivity contribution is 6.33. The number of ether oxygens (including phenoxy) is 1. The average molecular weight is 650 g/mol. The highest BCUT2D eigenvalue weighted by Gasteiger charge is 2.33. The molecule has 16 heteroatoms. The lowest BCUT2D eigenvalue weighted by molar-refractivity contribution is -0.141. The predicted octanol–water partition coefficient (Wildman–Crippen LogP) is 3.18. The maximum Gasteiger partial charge on any atom is 0.433 e. The van der Waals surface area contributed by atoms with Crippen LogP contribution in [0.4, 0.5) is 24.5 Å². The average Bonchev–Trinajstić information content (AvgIpc) is 3.51. The monoisotopic (exact) mass is 649 g/mol. The fraction of sp³-hybridized carbons (Fsp3) is 0.483. The van der Waals surface area contributed by atoms with Crippen molar-refractivity contribution < 1.29 is 27.5 Å². The lowest BCUT2D eigenvalue weighted by Gasteiger charge is -2.39. The largest absolute Gasteiger partial charge is 0.433 e. The van der Waals surface area contributed by atoms with Crippen LogP contribution >= 0.6 is 11.6 Å². The molecule has 2 saturated heterocycles. The molecule has 45 heavy (non-hydrogen) atoms. The minimum Gasteiger partial charge on any atom is -0.379 e. The Labute approximate surface area is 263 Å². The summed E-state index contributed by atoms with van der Waals surface area (Å²) >= 11 is 6.01. The number of aromatic nitrogens is 4. The summed E-state index contributed by atoms with van der Waals surface area (Å²) in [4.78, 5) is 36.0. The Morgan fingerprint density at radius 2 is 1.87 bits per heavy atom. The van der Waals surface area contributed by atoms with Gasteiger partial charge in [-0.15, -0.1) is 5.10 Å². The van der Waals surface area contributed by atoms with E-state index in [-0.39, 0.29) is 23.2 Å². The first-order valence-corrected chi connectivity index (χ1v) is 15.0. The maximum absolute atomic E-state index is 13.3. The molecule has 2 aliphatic rings.